The van der Waals surface area contributed by atoms with Crippen molar-refractivity contribution in [2.45, 2.75) is 9.79 Å². The molecule has 3 aromatic carbocycles. The van der Waals surface area contributed by atoms with E-state index in [2.05, 4.69) is 10.6 Å². The molecule has 0 spiro atoms. The van der Waals surface area contributed by atoms with E-state index in [0.29, 0.717) is 11.5 Å². The van der Waals surface area contributed by atoms with Crippen LogP contribution in [0.15, 0.2) is 82.6 Å². The highest BCUT2D eigenvalue weighted by atomic mass is 32.2. The number of sulfonamides is 2. The number of carbonyl (C=O) groups excluding carboxylic acids is 2. The molecule has 0 heterocycles. The molecule has 0 bridgehead atoms. The third kappa shape index (κ3) is 6.86. The van der Waals surface area contributed by atoms with Crippen LogP contribution in [0.4, 0.5) is 21.0 Å². The standard InChI is InChI=1S/C22H22N4O8S2/c1-33-17-6-10-19(11-7-17)35(29,30)25-21(27)23-15-4-3-5-16(14-15)24-22(28)26-36(31,32)20-12-8-18(34-2)9-13-20/h3-14H,1-2H3,(H2,23,25,27)(H2,24,26,28). The average molecular weight is 535 g/mol. The highest BCUT2D eigenvalue weighted by Gasteiger charge is 2.19. The Morgan fingerprint density at radius 1 is 0.611 bits per heavy atom. The number of ether oxygens (including phenoxy) is 2. The van der Waals surface area contributed by atoms with Crippen molar-refractivity contribution in [2.75, 3.05) is 24.9 Å². The fourth-order valence-corrected chi connectivity index (χ4v) is 4.67. The summed E-state index contributed by atoms with van der Waals surface area (Å²) in [5.74, 6) is 0.895. The van der Waals surface area contributed by atoms with Crippen molar-refractivity contribution in [1.82, 2.24) is 9.44 Å². The summed E-state index contributed by atoms with van der Waals surface area (Å²) >= 11 is 0. The number of nitrogens with one attached hydrogen (secondary N) is 4. The Labute approximate surface area is 207 Å². The second kappa shape index (κ2) is 11.0. The Balaban J connectivity index is 1.62. The Morgan fingerprint density at radius 2 is 0.972 bits per heavy atom. The summed E-state index contributed by atoms with van der Waals surface area (Å²) < 4.78 is 63.2. The van der Waals surface area contributed by atoms with Gasteiger partial charge in [0.15, 0.2) is 0 Å². The van der Waals surface area contributed by atoms with Crippen LogP contribution >= 0.6 is 0 Å². The van der Waals surface area contributed by atoms with Gasteiger partial charge in [-0.15, -0.1) is 0 Å². The maximum absolute atomic E-state index is 12.4. The van der Waals surface area contributed by atoms with Gasteiger partial charge in [-0.2, -0.15) is 0 Å². The van der Waals surface area contributed by atoms with E-state index in [1.54, 1.807) is 0 Å². The number of carbonyl (C=O) groups is 2. The van der Waals surface area contributed by atoms with E-state index in [4.69, 9.17) is 9.47 Å². The molecule has 4 N–H and O–H groups in total. The molecule has 0 aromatic heterocycles. The lowest BCUT2D eigenvalue weighted by Crippen LogP contribution is -2.35. The molecule has 0 aliphatic heterocycles. The molecule has 36 heavy (non-hydrogen) atoms. The second-order valence-electron chi connectivity index (χ2n) is 7.05. The zero-order valence-electron chi connectivity index (χ0n) is 19.0. The average Bonchev–Trinajstić information content (AvgIpc) is 2.83. The normalized spacial score (nSPS) is 11.2. The molecular formula is C22H22N4O8S2. The summed E-state index contributed by atoms with van der Waals surface area (Å²) in [7, 11) is -5.45. The minimum Gasteiger partial charge on any atom is -0.497 e. The van der Waals surface area contributed by atoms with Crippen LogP contribution in [0.1, 0.15) is 0 Å². The predicted octanol–water partition coefficient (Wildman–Crippen LogP) is 2.72. The number of rotatable bonds is 8. The highest BCUT2D eigenvalue weighted by Crippen LogP contribution is 2.18. The maximum atomic E-state index is 12.4. The first kappa shape index (κ1) is 26.3. The second-order valence-corrected chi connectivity index (χ2v) is 10.4. The lowest BCUT2D eigenvalue weighted by Gasteiger charge is -2.11. The molecule has 0 radical (unpaired) electrons. The van der Waals surface area contributed by atoms with Gasteiger partial charge in [0.05, 0.1) is 24.0 Å². The third-order valence-electron chi connectivity index (χ3n) is 4.57. The van der Waals surface area contributed by atoms with Gasteiger partial charge in [0.1, 0.15) is 11.5 Å². The summed E-state index contributed by atoms with van der Waals surface area (Å²) in [5.41, 5.74) is 0.265. The number of anilines is 2. The van der Waals surface area contributed by atoms with E-state index in [1.165, 1.54) is 87.0 Å². The number of methoxy groups -OCH3 is 2. The van der Waals surface area contributed by atoms with Crippen LogP contribution in [0.3, 0.4) is 0 Å². The molecule has 3 rings (SSSR count). The maximum Gasteiger partial charge on any atom is 0.333 e. The van der Waals surface area contributed by atoms with E-state index < -0.39 is 32.1 Å². The molecule has 0 aliphatic carbocycles. The van der Waals surface area contributed by atoms with Crippen LogP contribution in [-0.4, -0.2) is 43.1 Å². The van der Waals surface area contributed by atoms with Crippen LogP contribution in [0.2, 0.25) is 0 Å². The SMILES string of the molecule is COc1ccc(S(=O)(=O)NC(=O)Nc2cccc(NC(=O)NS(=O)(=O)c3ccc(OC)cc3)c2)cc1. The molecule has 0 saturated heterocycles. The number of benzene rings is 3. The Hall–Kier alpha value is -4.30. The third-order valence-corrected chi connectivity index (χ3v) is 7.27. The Kier molecular flexibility index (Phi) is 8.01. The van der Waals surface area contributed by atoms with Gasteiger partial charge in [-0.25, -0.2) is 35.9 Å². The minimum atomic E-state index is -4.16. The van der Waals surface area contributed by atoms with Gasteiger partial charge < -0.3 is 20.1 Å². The quantitative estimate of drug-likeness (QED) is 0.342. The lowest BCUT2D eigenvalue weighted by molar-refractivity contribution is 0.255. The molecule has 14 heteroatoms. The molecule has 0 aliphatic rings. The first-order valence-electron chi connectivity index (χ1n) is 10.1. The first-order valence-corrected chi connectivity index (χ1v) is 13.0. The van der Waals surface area contributed by atoms with Crippen LogP contribution in [0.25, 0.3) is 0 Å². The number of amides is 4. The van der Waals surface area contributed by atoms with Crippen molar-refractivity contribution in [1.29, 1.82) is 0 Å². The van der Waals surface area contributed by atoms with Crippen LogP contribution in [-0.2, 0) is 20.0 Å². The van der Waals surface area contributed by atoms with Crippen molar-refractivity contribution < 1.29 is 35.9 Å². The van der Waals surface area contributed by atoms with Crippen molar-refractivity contribution >= 4 is 43.5 Å². The molecule has 12 nitrogen and oxygen atoms in total. The van der Waals surface area contributed by atoms with Crippen LogP contribution in [0.5, 0.6) is 11.5 Å². The van der Waals surface area contributed by atoms with E-state index in [0.717, 1.165) is 0 Å². The van der Waals surface area contributed by atoms with Crippen molar-refractivity contribution in [3.05, 3.63) is 72.8 Å². The minimum absolute atomic E-state index is 0.133. The monoisotopic (exact) mass is 534 g/mol. The summed E-state index contributed by atoms with van der Waals surface area (Å²) in [4.78, 5) is 24.2. The molecular weight excluding hydrogens is 512 g/mol. The van der Waals surface area contributed by atoms with Gasteiger partial charge in [-0.3, -0.25) is 0 Å². The van der Waals surface area contributed by atoms with E-state index in [1.807, 2.05) is 9.44 Å². The van der Waals surface area contributed by atoms with Crippen LogP contribution in [0, 0.1) is 0 Å². The molecule has 3 aromatic rings. The van der Waals surface area contributed by atoms with Crippen molar-refractivity contribution in [3.8, 4) is 11.5 Å². The summed E-state index contributed by atoms with van der Waals surface area (Å²) in [6, 6.07) is 14.4. The van der Waals surface area contributed by atoms with Gasteiger partial charge >= 0.3 is 12.1 Å². The summed E-state index contributed by atoms with van der Waals surface area (Å²) in [6.45, 7) is 0. The van der Waals surface area contributed by atoms with E-state index >= 15 is 0 Å². The van der Waals surface area contributed by atoms with Crippen molar-refractivity contribution in [2.24, 2.45) is 0 Å². The first-order chi connectivity index (χ1) is 17.0. The van der Waals surface area contributed by atoms with Crippen LogP contribution < -0.4 is 29.6 Å². The van der Waals surface area contributed by atoms with Gasteiger partial charge in [0.25, 0.3) is 20.0 Å². The zero-order valence-corrected chi connectivity index (χ0v) is 20.6. The number of hydrogen-bond donors (Lipinski definition) is 4. The highest BCUT2D eigenvalue weighted by molar-refractivity contribution is 7.90. The van der Waals surface area contributed by atoms with Gasteiger partial charge in [-0.05, 0) is 66.7 Å². The zero-order chi connectivity index (χ0) is 26.3. The molecule has 190 valence electrons. The van der Waals surface area contributed by atoms with Gasteiger partial charge in [0, 0.05) is 11.4 Å². The lowest BCUT2D eigenvalue weighted by atomic mass is 10.3. The Bertz CT molecular complexity index is 1350. The Morgan fingerprint density at radius 3 is 1.31 bits per heavy atom. The van der Waals surface area contributed by atoms with Gasteiger partial charge in [-0.1, -0.05) is 6.07 Å². The molecule has 0 saturated carbocycles. The topological polar surface area (TPSA) is 169 Å². The molecule has 4 amide bonds. The smallest absolute Gasteiger partial charge is 0.333 e. The summed E-state index contributed by atoms with van der Waals surface area (Å²) in [6.07, 6.45) is 0. The van der Waals surface area contributed by atoms with Crippen molar-refractivity contribution in [3.63, 3.8) is 0 Å². The van der Waals surface area contributed by atoms with Gasteiger partial charge in [0.2, 0.25) is 0 Å². The summed E-state index contributed by atoms with van der Waals surface area (Å²) in [5, 5.41) is 4.67. The van der Waals surface area contributed by atoms with E-state index in [9.17, 15) is 26.4 Å². The fourth-order valence-electron chi connectivity index (χ4n) is 2.86. The number of urea groups is 2. The number of hydrogen-bond acceptors (Lipinski definition) is 8. The predicted molar refractivity (Wildman–Crippen MR) is 131 cm³/mol. The molecule has 0 atom stereocenters. The molecule has 0 unspecified atom stereocenters. The fraction of sp³-hybridized carbons (Fsp3) is 0.0909. The molecule has 0 fully saturated rings. The van der Waals surface area contributed by atoms with E-state index in [-0.39, 0.29) is 21.2 Å². The largest absolute Gasteiger partial charge is 0.497 e.